The molecule has 19 heavy (non-hydrogen) atoms. The summed E-state index contributed by atoms with van der Waals surface area (Å²) in [5.74, 6) is -4.20. The van der Waals surface area contributed by atoms with Gasteiger partial charge < -0.3 is 9.84 Å². The molecule has 0 heterocycles. The maximum atomic E-state index is 13.9. The lowest BCUT2D eigenvalue weighted by Gasteiger charge is -2.12. The van der Waals surface area contributed by atoms with E-state index < -0.39 is 38.1 Å². The van der Waals surface area contributed by atoms with E-state index in [1.165, 1.54) is 0 Å². The first-order valence-electron chi connectivity index (χ1n) is 5.15. The highest BCUT2D eigenvalue weighted by Crippen LogP contribution is 2.31. The number of carboxylic acids is 1. The SMILES string of the molecule is COc1c(CCC(=O)O)cc(F)c(S(C)(=O)=O)c1F. The molecule has 1 aromatic carbocycles. The van der Waals surface area contributed by atoms with Gasteiger partial charge in [-0.25, -0.2) is 17.2 Å². The second-order valence-electron chi connectivity index (χ2n) is 3.86. The number of ether oxygens (including phenoxy) is 1. The van der Waals surface area contributed by atoms with E-state index in [0.29, 0.717) is 6.26 Å². The third-order valence-electron chi connectivity index (χ3n) is 2.39. The minimum absolute atomic E-state index is 0.0349. The Bertz CT molecular complexity index is 610. The van der Waals surface area contributed by atoms with Crippen LogP contribution in [0.2, 0.25) is 0 Å². The molecule has 0 aromatic heterocycles. The largest absolute Gasteiger partial charge is 0.493 e. The lowest BCUT2D eigenvalue weighted by Crippen LogP contribution is -2.09. The van der Waals surface area contributed by atoms with E-state index in [2.05, 4.69) is 0 Å². The molecule has 0 aliphatic heterocycles. The van der Waals surface area contributed by atoms with Crippen LogP contribution in [0.4, 0.5) is 8.78 Å². The Kier molecular flexibility index (Phi) is 4.46. The number of benzene rings is 1. The van der Waals surface area contributed by atoms with Crippen molar-refractivity contribution in [3.05, 3.63) is 23.3 Å². The number of hydrogen-bond donors (Lipinski definition) is 1. The van der Waals surface area contributed by atoms with E-state index in [4.69, 9.17) is 9.84 Å². The Morgan fingerprint density at radius 3 is 2.42 bits per heavy atom. The third-order valence-corrected chi connectivity index (χ3v) is 3.51. The summed E-state index contributed by atoms with van der Waals surface area (Å²) < 4.78 is 54.8. The number of sulfone groups is 1. The van der Waals surface area contributed by atoms with Crippen molar-refractivity contribution in [3.8, 4) is 5.75 Å². The van der Waals surface area contributed by atoms with Gasteiger partial charge in [0.15, 0.2) is 21.4 Å². The lowest BCUT2D eigenvalue weighted by atomic mass is 10.1. The van der Waals surface area contributed by atoms with Crippen molar-refractivity contribution in [1.29, 1.82) is 0 Å². The van der Waals surface area contributed by atoms with Crippen LogP contribution in [0.25, 0.3) is 0 Å². The summed E-state index contributed by atoms with van der Waals surface area (Å²) in [5, 5.41) is 8.54. The second-order valence-corrected chi connectivity index (χ2v) is 5.81. The number of rotatable bonds is 5. The molecule has 0 radical (unpaired) electrons. The molecular weight excluding hydrogens is 282 g/mol. The van der Waals surface area contributed by atoms with Gasteiger partial charge >= 0.3 is 5.97 Å². The van der Waals surface area contributed by atoms with Crippen LogP contribution < -0.4 is 4.74 Å². The van der Waals surface area contributed by atoms with Gasteiger partial charge in [0.05, 0.1) is 7.11 Å². The number of aryl methyl sites for hydroxylation is 1. The number of carbonyl (C=O) groups is 1. The van der Waals surface area contributed by atoms with Gasteiger partial charge in [0.2, 0.25) is 0 Å². The van der Waals surface area contributed by atoms with Gasteiger partial charge in [0.25, 0.3) is 0 Å². The molecule has 0 bridgehead atoms. The standard InChI is InChI=1S/C11H12F2O5S/c1-18-10-6(3-4-8(14)15)5-7(12)11(9(10)13)19(2,16)17/h5H,3-4H2,1-2H3,(H,14,15). The van der Waals surface area contributed by atoms with E-state index in [-0.39, 0.29) is 18.4 Å². The van der Waals surface area contributed by atoms with Crippen LogP contribution in [0.3, 0.4) is 0 Å². The van der Waals surface area contributed by atoms with Gasteiger partial charge in [-0.15, -0.1) is 0 Å². The Labute approximate surface area is 108 Å². The summed E-state index contributed by atoms with van der Waals surface area (Å²) in [7, 11) is -3.00. The average molecular weight is 294 g/mol. The topological polar surface area (TPSA) is 80.7 Å². The van der Waals surface area contributed by atoms with Gasteiger partial charge in [-0.3, -0.25) is 4.79 Å². The van der Waals surface area contributed by atoms with E-state index >= 15 is 0 Å². The van der Waals surface area contributed by atoms with Crippen LogP contribution in [-0.2, 0) is 21.1 Å². The Hall–Kier alpha value is -1.70. The molecule has 0 unspecified atom stereocenters. The molecular formula is C11H12F2O5S. The fraction of sp³-hybridized carbons (Fsp3) is 0.364. The summed E-state index contributed by atoms with van der Waals surface area (Å²) in [6.45, 7) is 0. The van der Waals surface area contributed by atoms with Crippen LogP contribution in [0.15, 0.2) is 11.0 Å². The molecule has 1 aromatic rings. The van der Waals surface area contributed by atoms with Crippen molar-refractivity contribution < 1.29 is 31.8 Å². The molecule has 0 saturated heterocycles. The van der Waals surface area contributed by atoms with Gasteiger partial charge in [-0.2, -0.15) is 0 Å². The summed E-state index contributed by atoms with van der Waals surface area (Å²) in [6, 6.07) is 0.779. The molecule has 0 spiro atoms. The number of methoxy groups -OCH3 is 1. The molecule has 8 heteroatoms. The maximum absolute atomic E-state index is 13.9. The smallest absolute Gasteiger partial charge is 0.303 e. The zero-order valence-corrected chi connectivity index (χ0v) is 11.1. The Balaban J connectivity index is 3.42. The molecule has 0 saturated carbocycles. The molecule has 1 N–H and O–H groups in total. The molecule has 0 fully saturated rings. The van der Waals surface area contributed by atoms with Crippen molar-refractivity contribution >= 4 is 15.8 Å². The molecule has 0 atom stereocenters. The molecule has 0 aliphatic rings. The summed E-state index contributed by atoms with van der Waals surface area (Å²) in [6.07, 6.45) is 0.148. The van der Waals surface area contributed by atoms with Crippen molar-refractivity contribution in [1.82, 2.24) is 0 Å². The van der Waals surface area contributed by atoms with Crippen LogP contribution in [0, 0.1) is 11.6 Å². The highest BCUT2D eigenvalue weighted by molar-refractivity contribution is 7.90. The van der Waals surface area contributed by atoms with E-state index in [1.54, 1.807) is 0 Å². The number of carboxylic acid groups (broad SMARTS) is 1. The predicted molar refractivity (Wildman–Crippen MR) is 62.0 cm³/mol. The molecule has 106 valence electrons. The van der Waals surface area contributed by atoms with Crippen LogP contribution in [0.5, 0.6) is 5.75 Å². The molecule has 5 nitrogen and oxygen atoms in total. The fourth-order valence-corrected chi connectivity index (χ4v) is 2.45. The van der Waals surface area contributed by atoms with Gasteiger partial charge in [-0.1, -0.05) is 0 Å². The van der Waals surface area contributed by atoms with Crippen molar-refractivity contribution in [2.45, 2.75) is 17.7 Å². The normalized spacial score (nSPS) is 11.4. The monoisotopic (exact) mass is 294 g/mol. The van der Waals surface area contributed by atoms with Crippen LogP contribution in [-0.4, -0.2) is 32.9 Å². The van der Waals surface area contributed by atoms with Crippen molar-refractivity contribution in [2.75, 3.05) is 13.4 Å². The second kappa shape index (κ2) is 5.52. The fourth-order valence-electron chi connectivity index (χ4n) is 1.62. The first-order valence-corrected chi connectivity index (χ1v) is 7.04. The van der Waals surface area contributed by atoms with Crippen molar-refractivity contribution in [3.63, 3.8) is 0 Å². The van der Waals surface area contributed by atoms with Gasteiger partial charge in [-0.05, 0) is 12.5 Å². The molecule has 1 rings (SSSR count). The van der Waals surface area contributed by atoms with Crippen molar-refractivity contribution in [2.24, 2.45) is 0 Å². The van der Waals surface area contributed by atoms with E-state index in [9.17, 15) is 22.0 Å². The minimum atomic E-state index is -4.09. The lowest BCUT2D eigenvalue weighted by molar-refractivity contribution is -0.136. The summed E-state index contributed by atoms with van der Waals surface area (Å²) in [5.41, 5.74) is -0.0349. The highest BCUT2D eigenvalue weighted by Gasteiger charge is 2.26. The van der Waals surface area contributed by atoms with Crippen LogP contribution in [0.1, 0.15) is 12.0 Å². The third kappa shape index (κ3) is 3.40. The first kappa shape index (κ1) is 15.4. The predicted octanol–water partition coefficient (Wildman–Crippen LogP) is 1.39. The number of aliphatic carboxylic acids is 1. The zero-order valence-electron chi connectivity index (χ0n) is 10.2. The number of hydrogen-bond acceptors (Lipinski definition) is 4. The first-order chi connectivity index (χ1) is 8.68. The minimum Gasteiger partial charge on any atom is -0.493 e. The Morgan fingerprint density at radius 1 is 1.42 bits per heavy atom. The summed E-state index contributed by atoms with van der Waals surface area (Å²) in [4.78, 5) is 9.36. The van der Waals surface area contributed by atoms with Crippen LogP contribution >= 0.6 is 0 Å². The molecule has 0 amide bonds. The highest BCUT2D eigenvalue weighted by atomic mass is 32.2. The molecule has 0 aliphatic carbocycles. The van der Waals surface area contributed by atoms with E-state index in [1.807, 2.05) is 0 Å². The van der Waals surface area contributed by atoms with Gasteiger partial charge in [0.1, 0.15) is 10.7 Å². The maximum Gasteiger partial charge on any atom is 0.303 e. The number of halogens is 2. The van der Waals surface area contributed by atoms with Gasteiger partial charge in [0, 0.05) is 18.2 Å². The van der Waals surface area contributed by atoms with E-state index in [0.717, 1.165) is 13.2 Å². The zero-order chi connectivity index (χ0) is 14.8. The quantitative estimate of drug-likeness (QED) is 0.887. The summed E-state index contributed by atoms with van der Waals surface area (Å²) >= 11 is 0. The Morgan fingerprint density at radius 2 is 2.00 bits per heavy atom. The average Bonchev–Trinajstić information content (AvgIpc) is 2.23.